The molecule has 0 unspecified atom stereocenters. The van der Waals surface area contributed by atoms with Gasteiger partial charge in [-0.3, -0.25) is 9.89 Å². The SMILES string of the molecule is O=C(O)Cn1cnc2c(-n3ncc4ccccc43)nc(N3CCN(c4ccc5[nH]ncc5c4)CC3)nc21. The molecule has 1 aliphatic rings. The highest BCUT2D eigenvalue weighted by molar-refractivity contribution is 5.86. The molecule has 2 N–H and O–H groups in total. The third kappa shape index (κ3) is 3.61. The van der Waals surface area contributed by atoms with Crippen molar-refractivity contribution in [3.05, 3.63) is 61.2 Å². The highest BCUT2D eigenvalue weighted by Crippen LogP contribution is 2.27. The molecule has 5 heterocycles. The lowest BCUT2D eigenvalue weighted by molar-refractivity contribution is -0.137. The van der Waals surface area contributed by atoms with Gasteiger partial charge in [0.1, 0.15) is 6.54 Å². The molecule has 7 rings (SSSR count). The second kappa shape index (κ2) is 8.29. The first-order valence-electron chi connectivity index (χ1n) is 11.9. The number of aromatic nitrogens is 8. The fourth-order valence-corrected chi connectivity index (χ4v) is 4.90. The Morgan fingerprint density at radius 2 is 1.81 bits per heavy atom. The molecule has 0 bridgehead atoms. The predicted molar refractivity (Wildman–Crippen MR) is 138 cm³/mol. The van der Waals surface area contributed by atoms with Crippen LogP contribution in [0.3, 0.4) is 0 Å². The summed E-state index contributed by atoms with van der Waals surface area (Å²) in [6.07, 6.45) is 5.11. The molecule has 0 amide bonds. The average molecular weight is 495 g/mol. The zero-order valence-electron chi connectivity index (χ0n) is 19.7. The first-order valence-corrected chi connectivity index (χ1v) is 11.9. The van der Waals surface area contributed by atoms with E-state index in [1.165, 1.54) is 10.9 Å². The second-order valence-corrected chi connectivity index (χ2v) is 9.02. The zero-order chi connectivity index (χ0) is 24.9. The monoisotopic (exact) mass is 494 g/mol. The number of carboxylic acids is 1. The van der Waals surface area contributed by atoms with Gasteiger partial charge in [-0.25, -0.2) is 9.67 Å². The summed E-state index contributed by atoms with van der Waals surface area (Å²) in [4.78, 5) is 30.1. The largest absolute Gasteiger partial charge is 0.480 e. The van der Waals surface area contributed by atoms with Gasteiger partial charge in [-0.05, 0) is 24.3 Å². The fraction of sp³-hybridized carbons (Fsp3) is 0.200. The number of rotatable bonds is 5. The summed E-state index contributed by atoms with van der Waals surface area (Å²) in [6.45, 7) is 2.76. The minimum Gasteiger partial charge on any atom is -0.480 e. The number of anilines is 2. The summed E-state index contributed by atoms with van der Waals surface area (Å²) >= 11 is 0. The number of aliphatic carboxylic acids is 1. The fourth-order valence-electron chi connectivity index (χ4n) is 4.90. The number of hydrogen-bond donors (Lipinski definition) is 2. The van der Waals surface area contributed by atoms with Gasteiger partial charge in [0.25, 0.3) is 0 Å². The lowest BCUT2D eigenvalue weighted by atomic mass is 10.2. The van der Waals surface area contributed by atoms with Gasteiger partial charge in [0.2, 0.25) is 5.95 Å². The number of fused-ring (bicyclic) bond motifs is 3. The van der Waals surface area contributed by atoms with E-state index in [-0.39, 0.29) is 6.54 Å². The van der Waals surface area contributed by atoms with Crippen molar-refractivity contribution in [2.45, 2.75) is 6.54 Å². The maximum Gasteiger partial charge on any atom is 0.323 e. The Balaban J connectivity index is 1.26. The molecular weight excluding hydrogens is 472 g/mol. The molecule has 0 atom stereocenters. The number of hydrogen-bond acceptors (Lipinski definition) is 8. The smallest absolute Gasteiger partial charge is 0.323 e. The van der Waals surface area contributed by atoms with Crippen molar-refractivity contribution in [2.75, 3.05) is 36.0 Å². The number of benzene rings is 2. The second-order valence-electron chi connectivity index (χ2n) is 9.02. The van der Waals surface area contributed by atoms with Crippen molar-refractivity contribution in [3.63, 3.8) is 0 Å². The molecule has 0 saturated carbocycles. The van der Waals surface area contributed by atoms with E-state index in [0.29, 0.717) is 36.0 Å². The molecule has 0 radical (unpaired) electrons. The minimum absolute atomic E-state index is 0.240. The molecule has 6 aromatic rings. The maximum atomic E-state index is 11.5. The van der Waals surface area contributed by atoms with Crippen molar-refractivity contribution >= 4 is 50.6 Å². The highest BCUT2D eigenvalue weighted by Gasteiger charge is 2.24. The molecule has 12 heteroatoms. The Morgan fingerprint density at radius 3 is 2.68 bits per heavy atom. The van der Waals surface area contributed by atoms with Crippen molar-refractivity contribution in [3.8, 4) is 5.82 Å². The van der Waals surface area contributed by atoms with Gasteiger partial charge in [0.05, 0.1) is 29.8 Å². The summed E-state index contributed by atoms with van der Waals surface area (Å²) in [5.41, 5.74) is 4.02. The molecule has 1 fully saturated rings. The summed E-state index contributed by atoms with van der Waals surface area (Å²) in [5, 5.41) is 23.1. The van der Waals surface area contributed by atoms with Crippen LogP contribution >= 0.6 is 0 Å². The number of piperazine rings is 1. The topological polar surface area (TPSA) is 134 Å². The first kappa shape index (κ1) is 21.3. The summed E-state index contributed by atoms with van der Waals surface area (Å²) in [7, 11) is 0. The van der Waals surface area contributed by atoms with Gasteiger partial charge >= 0.3 is 5.97 Å². The van der Waals surface area contributed by atoms with Crippen LogP contribution in [-0.2, 0) is 11.3 Å². The van der Waals surface area contributed by atoms with E-state index in [9.17, 15) is 9.90 Å². The van der Waals surface area contributed by atoms with E-state index in [4.69, 9.17) is 9.97 Å². The maximum absolute atomic E-state index is 11.5. The van der Waals surface area contributed by atoms with E-state index in [1.54, 1.807) is 10.9 Å². The average Bonchev–Trinajstić information content (AvgIpc) is 3.66. The van der Waals surface area contributed by atoms with Crippen molar-refractivity contribution in [1.82, 2.24) is 39.5 Å². The van der Waals surface area contributed by atoms with Crippen molar-refractivity contribution in [2.24, 2.45) is 0 Å². The van der Waals surface area contributed by atoms with E-state index < -0.39 is 5.97 Å². The Bertz CT molecular complexity index is 1780. The number of carboxylic acid groups (broad SMARTS) is 1. The number of nitrogens with one attached hydrogen (secondary N) is 1. The molecule has 0 aliphatic carbocycles. The van der Waals surface area contributed by atoms with Gasteiger partial charge in [-0.1, -0.05) is 18.2 Å². The van der Waals surface area contributed by atoms with Crippen LogP contribution in [0.25, 0.3) is 38.8 Å². The van der Waals surface area contributed by atoms with Crippen molar-refractivity contribution in [1.29, 1.82) is 0 Å². The van der Waals surface area contributed by atoms with E-state index >= 15 is 0 Å². The van der Waals surface area contributed by atoms with Gasteiger partial charge in [0.15, 0.2) is 17.0 Å². The predicted octanol–water partition coefficient (Wildman–Crippen LogP) is 2.45. The Kier molecular flexibility index (Phi) is 4.77. The highest BCUT2D eigenvalue weighted by atomic mass is 16.4. The molecule has 4 aromatic heterocycles. The Labute approximate surface area is 209 Å². The van der Waals surface area contributed by atoms with Crippen LogP contribution in [0.15, 0.2) is 61.2 Å². The van der Waals surface area contributed by atoms with Crippen LogP contribution in [0.4, 0.5) is 11.6 Å². The van der Waals surface area contributed by atoms with Crippen LogP contribution in [0, 0.1) is 0 Å². The molecule has 37 heavy (non-hydrogen) atoms. The van der Waals surface area contributed by atoms with E-state index in [0.717, 1.165) is 40.6 Å². The number of carbonyl (C=O) groups is 1. The summed E-state index contributed by atoms with van der Waals surface area (Å²) in [6, 6.07) is 14.2. The quantitative estimate of drug-likeness (QED) is 0.371. The molecule has 0 spiro atoms. The number of imidazole rings is 1. The molecule has 1 saturated heterocycles. The van der Waals surface area contributed by atoms with Crippen LogP contribution < -0.4 is 9.80 Å². The number of para-hydroxylation sites is 1. The lowest BCUT2D eigenvalue weighted by Gasteiger charge is -2.36. The van der Waals surface area contributed by atoms with Gasteiger partial charge in [-0.2, -0.15) is 20.2 Å². The lowest BCUT2D eigenvalue weighted by Crippen LogP contribution is -2.47. The molecular formula is C25H22N10O2. The number of H-pyrrole nitrogens is 1. The normalized spacial score (nSPS) is 14.3. The Morgan fingerprint density at radius 1 is 0.973 bits per heavy atom. The van der Waals surface area contributed by atoms with Crippen LogP contribution in [0.1, 0.15) is 0 Å². The standard InChI is InChI=1S/C25H22N10O2/c36-21(37)14-34-15-26-22-23(34)29-25(30-24(22)35-20-4-2-1-3-16(20)13-28-35)33-9-7-32(8-10-33)18-5-6-19-17(11-18)12-27-31-19/h1-6,11-13,15H,7-10,14H2,(H,27,31)(H,36,37). The Hall–Kier alpha value is -5.00. The molecule has 1 aliphatic heterocycles. The van der Waals surface area contributed by atoms with Gasteiger partial charge in [-0.15, -0.1) is 0 Å². The third-order valence-electron chi connectivity index (χ3n) is 6.77. The first-order chi connectivity index (χ1) is 18.1. The zero-order valence-corrected chi connectivity index (χ0v) is 19.7. The van der Waals surface area contributed by atoms with E-state index in [1.807, 2.05) is 36.5 Å². The third-order valence-corrected chi connectivity index (χ3v) is 6.77. The molecule has 184 valence electrons. The minimum atomic E-state index is -0.964. The molecule has 2 aromatic carbocycles. The van der Waals surface area contributed by atoms with Crippen LogP contribution in [0.5, 0.6) is 0 Å². The van der Waals surface area contributed by atoms with E-state index in [2.05, 4.69) is 42.2 Å². The van der Waals surface area contributed by atoms with Gasteiger partial charge in [0, 0.05) is 42.6 Å². The number of aromatic amines is 1. The summed E-state index contributed by atoms with van der Waals surface area (Å²) < 4.78 is 3.28. The van der Waals surface area contributed by atoms with Gasteiger partial charge < -0.3 is 19.5 Å². The molecule has 12 nitrogen and oxygen atoms in total. The van der Waals surface area contributed by atoms with Crippen LogP contribution in [-0.4, -0.2) is 76.8 Å². The van der Waals surface area contributed by atoms with Crippen LogP contribution in [0.2, 0.25) is 0 Å². The van der Waals surface area contributed by atoms with Crippen molar-refractivity contribution < 1.29 is 9.90 Å². The summed E-state index contributed by atoms with van der Waals surface area (Å²) in [5.74, 6) is 0.0890. The number of nitrogens with zero attached hydrogens (tertiary/aromatic N) is 9.